The van der Waals surface area contributed by atoms with Crippen molar-refractivity contribution in [3.05, 3.63) is 12.2 Å². The van der Waals surface area contributed by atoms with E-state index in [2.05, 4.69) is 40.2 Å². The lowest BCUT2D eigenvalue weighted by molar-refractivity contribution is -0.870. The molecule has 0 N–H and O–H groups in total. The van der Waals surface area contributed by atoms with Gasteiger partial charge in [-0.25, -0.2) is 0 Å². The molecule has 0 bridgehead atoms. The summed E-state index contributed by atoms with van der Waals surface area (Å²) in [7, 11) is 6.89. The highest BCUT2D eigenvalue weighted by molar-refractivity contribution is 4.81. The molecule has 164 valence electrons. The molecule has 0 aromatic carbocycles. The third-order valence-corrected chi connectivity index (χ3v) is 5.34. The molecule has 2 heteroatoms. The van der Waals surface area contributed by atoms with E-state index in [0.29, 0.717) is 0 Å². The molecule has 0 amide bonds. The number of unbranched alkanes of at least 4 members (excludes halogenated alkanes) is 16. The molecule has 0 saturated carbocycles. The van der Waals surface area contributed by atoms with Crippen LogP contribution < -0.4 is 12.4 Å². The predicted octanol–water partition coefficient (Wildman–Crippen LogP) is 5.29. The summed E-state index contributed by atoms with van der Waals surface area (Å²) in [5, 5.41) is 0. The molecule has 0 fully saturated rings. The van der Waals surface area contributed by atoms with Gasteiger partial charge in [0.15, 0.2) is 0 Å². The fourth-order valence-electron chi connectivity index (χ4n) is 3.54. The summed E-state index contributed by atoms with van der Waals surface area (Å²) in [5.41, 5.74) is 0. The first kappa shape index (κ1) is 29.2. The van der Waals surface area contributed by atoms with E-state index in [4.69, 9.17) is 0 Å². The summed E-state index contributed by atoms with van der Waals surface area (Å²) in [4.78, 5) is 0. The van der Waals surface area contributed by atoms with Crippen molar-refractivity contribution in [1.29, 1.82) is 0 Å². The van der Waals surface area contributed by atoms with Crippen LogP contribution in [0.5, 0.6) is 0 Å². The van der Waals surface area contributed by atoms with Crippen molar-refractivity contribution in [3.63, 3.8) is 0 Å². The van der Waals surface area contributed by atoms with Gasteiger partial charge in [-0.2, -0.15) is 0 Å². The molecule has 1 nitrogen and oxygen atoms in total. The molecule has 0 aliphatic rings. The van der Waals surface area contributed by atoms with Crippen molar-refractivity contribution >= 4 is 0 Å². The maximum Gasteiger partial charge on any atom is 0.0780 e. The number of quaternary nitrogens is 1. The smallest absolute Gasteiger partial charge is 0.0780 e. The highest BCUT2D eigenvalue weighted by Gasteiger charge is 2.04. The number of rotatable bonds is 20. The molecule has 0 spiro atoms. The van der Waals surface area contributed by atoms with Crippen LogP contribution in [0.2, 0.25) is 0 Å². The molecule has 0 aliphatic carbocycles. The molecule has 27 heavy (non-hydrogen) atoms. The maximum atomic E-state index is 2.43. The van der Waals surface area contributed by atoms with Gasteiger partial charge in [0, 0.05) is 0 Å². The molecule has 0 atom stereocenters. The Balaban J connectivity index is 0. The lowest BCUT2D eigenvalue weighted by Crippen LogP contribution is -3.00. The van der Waals surface area contributed by atoms with E-state index >= 15 is 0 Å². The third kappa shape index (κ3) is 28.3. The minimum absolute atomic E-state index is 0. The predicted molar refractivity (Wildman–Crippen MR) is 121 cm³/mol. The van der Waals surface area contributed by atoms with Gasteiger partial charge in [0.25, 0.3) is 0 Å². The zero-order chi connectivity index (χ0) is 19.3. The zero-order valence-corrected chi connectivity index (χ0v) is 20.2. The Morgan fingerprint density at radius 1 is 0.481 bits per heavy atom. The molecule has 0 saturated heterocycles. The molecule has 0 aliphatic heterocycles. The zero-order valence-electron chi connectivity index (χ0n) is 19.4. The topological polar surface area (TPSA) is 0 Å². The standard InChI is InChI=1S/C25H52N.ClH/c1-5-6-7-8-9-10-11-12-13-14-15-16-17-18-19-20-21-22-23-24-25-26(2,3)4;/h12-13H,5-11,14-25H2,1-4H3;1H/q+1;/p-1/b13-12-;. The Hall–Kier alpha value is -0.0100. The highest BCUT2D eigenvalue weighted by Crippen LogP contribution is 2.12. The third-order valence-electron chi connectivity index (χ3n) is 5.34. The molecular formula is C25H52ClN. The minimum atomic E-state index is 0. The molecule has 0 rings (SSSR count). The van der Waals surface area contributed by atoms with E-state index < -0.39 is 0 Å². The number of hydrogen-bond donors (Lipinski definition) is 0. The van der Waals surface area contributed by atoms with Crippen LogP contribution in [0.1, 0.15) is 122 Å². The molecular weight excluding hydrogens is 350 g/mol. The maximum absolute atomic E-state index is 2.43. The van der Waals surface area contributed by atoms with Crippen molar-refractivity contribution in [2.24, 2.45) is 0 Å². The van der Waals surface area contributed by atoms with Crippen LogP contribution in [0.3, 0.4) is 0 Å². The average Bonchev–Trinajstić information content (AvgIpc) is 2.59. The summed E-state index contributed by atoms with van der Waals surface area (Å²) in [5.74, 6) is 0. The van der Waals surface area contributed by atoms with Crippen LogP contribution in [-0.4, -0.2) is 32.2 Å². The summed E-state index contributed by atoms with van der Waals surface area (Å²) < 4.78 is 1.12. The SMILES string of the molecule is CCCCCCCC/C=C\CCCCCCCCCCCC[N+](C)(C)C.[Cl-]. The Kier molecular flexibility index (Phi) is 24.1. The van der Waals surface area contributed by atoms with Gasteiger partial charge in [-0.1, -0.05) is 96.1 Å². The van der Waals surface area contributed by atoms with Crippen LogP contribution in [0.15, 0.2) is 12.2 Å². The van der Waals surface area contributed by atoms with Crippen LogP contribution in [0.4, 0.5) is 0 Å². The second-order valence-corrected chi connectivity index (χ2v) is 9.37. The van der Waals surface area contributed by atoms with Crippen LogP contribution in [-0.2, 0) is 0 Å². The first-order valence-corrected chi connectivity index (χ1v) is 12.0. The van der Waals surface area contributed by atoms with E-state index in [1.165, 1.54) is 122 Å². The van der Waals surface area contributed by atoms with Crippen molar-refractivity contribution < 1.29 is 16.9 Å². The largest absolute Gasteiger partial charge is 1.00 e. The Bertz CT molecular complexity index is 293. The van der Waals surface area contributed by atoms with Gasteiger partial charge in [-0.15, -0.1) is 0 Å². The van der Waals surface area contributed by atoms with Gasteiger partial charge < -0.3 is 16.9 Å². The van der Waals surface area contributed by atoms with Gasteiger partial charge in [-0.3, -0.25) is 0 Å². The monoisotopic (exact) mass is 401 g/mol. The quantitative estimate of drug-likeness (QED) is 0.147. The van der Waals surface area contributed by atoms with Crippen molar-refractivity contribution in [3.8, 4) is 0 Å². The fraction of sp³-hybridized carbons (Fsp3) is 0.920. The minimum Gasteiger partial charge on any atom is -1.00 e. The molecule has 0 radical (unpaired) electrons. The van der Waals surface area contributed by atoms with E-state index in [1.807, 2.05) is 0 Å². The fourth-order valence-corrected chi connectivity index (χ4v) is 3.54. The second kappa shape index (κ2) is 22.3. The van der Waals surface area contributed by atoms with Crippen molar-refractivity contribution in [2.45, 2.75) is 122 Å². The lowest BCUT2D eigenvalue weighted by atomic mass is 10.1. The van der Waals surface area contributed by atoms with E-state index in [9.17, 15) is 0 Å². The average molecular weight is 402 g/mol. The summed E-state index contributed by atoms with van der Waals surface area (Å²) in [6.07, 6.45) is 30.4. The summed E-state index contributed by atoms with van der Waals surface area (Å²) >= 11 is 0. The van der Waals surface area contributed by atoms with E-state index in [1.54, 1.807) is 0 Å². The number of nitrogens with zero attached hydrogens (tertiary/aromatic N) is 1. The molecule has 0 aromatic heterocycles. The highest BCUT2D eigenvalue weighted by atomic mass is 35.5. The van der Waals surface area contributed by atoms with Crippen LogP contribution in [0.25, 0.3) is 0 Å². The van der Waals surface area contributed by atoms with Gasteiger partial charge >= 0.3 is 0 Å². The summed E-state index contributed by atoms with van der Waals surface area (Å²) in [6, 6.07) is 0. The van der Waals surface area contributed by atoms with E-state index in [0.717, 1.165) is 4.48 Å². The first-order valence-electron chi connectivity index (χ1n) is 12.0. The summed E-state index contributed by atoms with van der Waals surface area (Å²) in [6.45, 7) is 3.62. The van der Waals surface area contributed by atoms with Gasteiger partial charge in [-0.05, 0) is 38.5 Å². The Morgan fingerprint density at radius 3 is 1.19 bits per heavy atom. The van der Waals surface area contributed by atoms with Crippen LogP contribution >= 0.6 is 0 Å². The first-order chi connectivity index (χ1) is 12.6. The van der Waals surface area contributed by atoms with Gasteiger partial charge in [0.2, 0.25) is 0 Å². The molecule has 0 aromatic rings. The van der Waals surface area contributed by atoms with Crippen molar-refractivity contribution in [1.82, 2.24) is 0 Å². The Labute approximate surface area is 179 Å². The molecule has 0 heterocycles. The Morgan fingerprint density at radius 2 is 0.815 bits per heavy atom. The normalized spacial score (nSPS) is 11.9. The lowest BCUT2D eigenvalue weighted by Gasteiger charge is -2.23. The molecule has 0 unspecified atom stereocenters. The van der Waals surface area contributed by atoms with Crippen LogP contribution in [0, 0.1) is 0 Å². The number of halogens is 1. The number of hydrogen-bond acceptors (Lipinski definition) is 0. The van der Waals surface area contributed by atoms with Crippen molar-refractivity contribution in [2.75, 3.05) is 27.7 Å². The van der Waals surface area contributed by atoms with E-state index in [-0.39, 0.29) is 12.4 Å². The second-order valence-electron chi connectivity index (χ2n) is 9.37. The van der Waals surface area contributed by atoms with Gasteiger partial charge in [0.1, 0.15) is 0 Å². The number of allylic oxidation sites excluding steroid dienone is 2. The van der Waals surface area contributed by atoms with Gasteiger partial charge in [0.05, 0.1) is 27.7 Å².